The maximum Gasteiger partial charge on any atom is 0.296 e. The molecule has 2 N–H and O–H groups in total. The molecule has 0 saturated carbocycles. The van der Waals surface area contributed by atoms with E-state index in [4.69, 9.17) is 0 Å². The molecule has 0 fully saturated rings. The quantitative estimate of drug-likeness (QED) is 0.423. The molecule has 4 aromatic rings. The number of hydrogen-bond acceptors (Lipinski definition) is 4. The van der Waals surface area contributed by atoms with Gasteiger partial charge in [0.05, 0.1) is 16.3 Å². The zero-order valence-corrected chi connectivity index (χ0v) is 20.1. The van der Waals surface area contributed by atoms with Gasteiger partial charge in [-0.15, -0.1) is 0 Å². The van der Waals surface area contributed by atoms with E-state index in [9.17, 15) is 22.4 Å². The number of amides is 1. The van der Waals surface area contributed by atoms with Crippen molar-refractivity contribution in [2.75, 3.05) is 10.0 Å². The summed E-state index contributed by atoms with van der Waals surface area (Å²) in [7, 11) is -2.45. The number of para-hydroxylation sites is 1. The third-order valence-electron chi connectivity index (χ3n) is 5.65. The molecule has 0 atom stereocenters. The van der Waals surface area contributed by atoms with Gasteiger partial charge in [0, 0.05) is 18.3 Å². The summed E-state index contributed by atoms with van der Waals surface area (Å²) < 4.78 is 45.0. The fourth-order valence-electron chi connectivity index (χ4n) is 3.54. The van der Waals surface area contributed by atoms with E-state index >= 15 is 0 Å². The topological polar surface area (TPSA) is 102 Å². The van der Waals surface area contributed by atoms with Crippen LogP contribution in [0.25, 0.3) is 5.69 Å². The maximum atomic E-state index is 13.7. The summed E-state index contributed by atoms with van der Waals surface area (Å²) >= 11 is 0. The Kier molecular flexibility index (Phi) is 6.31. The number of carbonyl (C=O) groups is 1. The van der Waals surface area contributed by atoms with Gasteiger partial charge >= 0.3 is 0 Å². The lowest BCUT2D eigenvalue weighted by atomic mass is 10.2. The second-order valence-electron chi connectivity index (χ2n) is 7.98. The van der Waals surface area contributed by atoms with E-state index in [1.165, 1.54) is 35.0 Å². The molecule has 10 heteroatoms. The highest BCUT2D eigenvalue weighted by Gasteiger charge is 2.23. The fraction of sp³-hybridized carbons (Fsp3) is 0.120. The molecule has 8 nitrogen and oxygen atoms in total. The molecular weight excluding hydrogens is 471 g/mol. The van der Waals surface area contributed by atoms with E-state index in [0.717, 1.165) is 0 Å². The van der Waals surface area contributed by atoms with Gasteiger partial charge in [-0.2, -0.15) is 0 Å². The molecule has 0 radical (unpaired) electrons. The van der Waals surface area contributed by atoms with E-state index in [0.29, 0.717) is 16.9 Å². The number of aryl methyl sites for hydroxylation is 1. The fourth-order valence-corrected chi connectivity index (χ4v) is 4.65. The smallest absolute Gasteiger partial charge is 0.296 e. The standard InChI is InChI=1S/C25H23FN4O4S/c1-16-9-12-19(15-22(16)26)27-24(31)18-10-13-21(14-11-18)35(33,34)28-23-17(2)29(3)30(25(23)32)20-7-5-4-6-8-20/h4-15,28H,1-3H3,(H,27,31). The van der Waals surface area contributed by atoms with Crippen LogP contribution in [0.4, 0.5) is 15.8 Å². The maximum absolute atomic E-state index is 13.7. The molecule has 4 rings (SSSR count). The van der Waals surface area contributed by atoms with Crippen molar-refractivity contribution in [3.8, 4) is 5.69 Å². The van der Waals surface area contributed by atoms with Crippen LogP contribution in [-0.4, -0.2) is 23.7 Å². The average Bonchev–Trinajstić information content (AvgIpc) is 3.04. The average molecular weight is 495 g/mol. The summed E-state index contributed by atoms with van der Waals surface area (Å²) in [5.74, 6) is -0.965. The Labute approximate surface area is 201 Å². The highest BCUT2D eigenvalue weighted by atomic mass is 32.2. The van der Waals surface area contributed by atoms with Crippen LogP contribution in [0.3, 0.4) is 0 Å². The minimum atomic E-state index is -4.11. The van der Waals surface area contributed by atoms with Crippen LogP contribution in [0.1, 0.15) is 21.6 Å². The molecule has 0 aliphatic heterocycles. The SMILES string of the molecule is Cc1ccc(NC(=O)c2ccc(S(=O)(=O)Nc3c(C)n(C)n(-c4ccccc4)c3=O)cc2)cc1F. The van der Waals surface area contributed by atoms with Crippen molar-refractivity contribution >= 4 is 27.3 Å². The van der Waals surface area contributed by atoms with Crippen molar-refractivity contribution in [3.63, 3.8) is 0 Å². The number of aromatic nitrogens is 2. The van der Waals surface area contributed by atoms with Gasteiger partial charge in [-0.3, -0.25) is 19.0 Å². The number of carbonyl (C=O) groups excluding carboxylic acids is 1. The summed E-state index contributed by atoms with van der Waals surface area (Å²) in [6.07, 6.45) is 0. The van der Waals surface area contributed by atoms with Crippen LogP contribution in [0.2, 0.25) is 0 Å². The highest BCUT2D eigenvalue weighted by Crippen LogP contribution is 2.20. The molecule has 0 unspecified atom stereocenters. The number of nitrogens with one attached hydrogen (secondary N) is 2. The molecule has 1 amide bonds. The molecule has 1 heterocycles. The first-order valence-electron chi connectivity index (χ1n) is 10.6. The van der Waals surface area contributed by atoms with Gasteiger partial charge in [-0.05, 0) is 67.9 Å². The van der Waals surface area contributed by atoms with E-state index in [-0.39, 0.29) is 21.8 Å². The number of benzene rings is 3. The number of rotatable bonds is 6. The number of anilines is 2. The molecular formula is C25H23FN4O4S. The summed E-state index contributed by atoms with van der Waals surface area (Å²) in [5, 5.41) is 2.57. The summed E-state index contributed by atoms with van der Waals surface area (Å²) in [6.45, 7) is 3.25. The van der Waals surface area contributed by atoms with Gasteiger partial charge in [-0.1, -0.05) is 24.3 Å². The second-order valence-corrected chi connectivity index (χ2v) is 9.67. The molecule has 35 heavy (non-hydrogen) atoms. The Morgan fingerprint density at radius 2 is 1.60 bits per heavy atom. The summed E-state index contributed by atoms with van der Waals surface area (Å²) in [6, 6.07) is 18.4. The van der Waals surface area contributed by atoms with Crippen LogP contribution in [-0.2, 0) is 17.1 Å². The van der Waals surface area contributed by atoms with E-state index in [2.05, 4.69) is 10.0 Å². The lowest BCUT2D eigenvalue weighted by molar-refractivity contribution is 0.102. The summed E-state index contributed by atoms with van der Waals surface area (Å²) in [4.78, 5) is 25.4. The molecule has 3 aromatic carbocycles. The van der Waals surface area contributed by atoms with Crippen molar-refractivity contribution in [2.24, 2.45) is 7.05 Å². The van der Waals surface area contributed by atoms with Crippen LogP contribution in [0, 0.1) is 19.7 Å². The predicted octanol–water partition coefficient (Wildman–Crippen LogP) is 3.99. The highest BCUT2D eigenvalue weighted by molar-refractivity contribution is 7.92. The first-order valence-corrected chi connectivity index (χ1v) is 12.1. The Morgan fingerprint density at radius 1 is 0.943 bits per heavy atom. The van der Waals surface area contributed by atoms with Crippen LogP contribution in [0.5, 0.6) is 0 Å². The molecule has 0 aliphatic carbocycles. The first kappa shape index (κ1) is 24.0. The third-order valence-corrected chi connectivity index (χ3v) is 7.01. The first-order chi connectivity index (χ1) is 16.6. The van der Waals surface area contributed by atoms with Gasteiger partial charge in [0.1, 0.15) is 11.5 Å². The lowest BCUT2D eigenvalue weighted by Crippen LogP contribution is -2.23. The van der Waals surface area contributed by atoms with Gasteiger partial charge < -0.3 is 5.32 Å². The number of halogens is 1. The van der Waals surface area contributed by atoms with E-state index < -0.39 is 27.3 Å². The van der Waals surface area contributed by atoms with Crippen molar-refractivity contribution in [3.05, 3.63) is 106 Å². The van der Waals surface area contributed by atoms with Crippen LogP contribution in [0.15, 0.2) is 82.5 Å². The molecule has 180 valence electrons. The van der Waals surface area contributed by atoms with Gasteiger partial charge in [0.2, 0.25) is 0 Å². The summed E-state index contributed by atoms with van der Waals surface area (Å²) in [5.41, 5.74) is 1.37. The normalized spacial score (nSPS) is 11.3. The Bertz CT molecular complexity index is 1570. The molecule has 0 spiro atoms. The zero-order chi connectivity index (χ0) is 25.3. The van der Waals surface area contributed by atoms with Gasteiger partial charge in [0.25, 0.3) is 21.5 Å². The van der Waals surface area contributed by atoms with Crippen molar-refractivity contribution in [1.29, 1.82) is 0 Å². The largest absolute Gasteiger partial charge is 0.322 e. The number of nitrogens with zero attached hydrogens (tertiary/aromatic N) is 2. The predicted molar refractivity (Wildman–Crippen MR) is 132 cm³/mol. The second kappa shape index (κ2) is 9.22. The molecule has 1 aromatic heterocycles. The Balaban J connectivity index is 1.57. The number of sulfonamides is 1. The lowest BCUT2D eigenvalue weighted by Gasteiger charge is -2.09. The van der Waals surface area contributed by atoms with Crippen molar-refractivity contribution < 1.29 is 17.6 Å². The van der Waals surface area contributed by atoms with Crippen LogP contribution >= 0.6 is 0 Å². The molecule has 0 saturated heterocycles. The van der Waals surface area contributed by atoms with Crippen molar-refractivity contribution in [2.45, 2.75) is 18.7 Å². The van der Waals surface area contributed by atoms with Gasteiger partial charge in [0.15, 0.2) is 0 Å². The van der Waals surface area contributed by atoms with Gasteiger partial charge in [-0.25, -0.2) is 17.5 Å². The molecule has 0 aliphatic rings. The number of hydrogen-bond donors (Lipinski definition) is 2. The molecule has 0 bridgehead atoms. The van der Waals surface area contributed by atoms with E-state index in [1.807, 2.05) is 6.07 Å². The minimum absolute atomic E-state index is 0.0698. The Hall–Kier alpha value is -4.18. The monoisotopic (exact) mass is 494 g/mol. The minimum Gasteiger partial charge on any atom is -0.322 e. The third kappa shape index (κ3) is 4.73. The zero-order valence-electron chi connectivity index (χ0n) is 19.2. The van der Waals surface area contributed by atoms with Crippen molar-refractivity contribution in [1.82, 2.24) is 9.36 Å². The Morgan fingerprint density at radius 3 is 2.23 bits per heavy atom. The van der Waals surface area contributed by atoms with Crippen LogP contribution < -0.4 is 15.6 Å². The van der Waals surface area contributed by atoms with E-state index in [1.54, 1.807) is 62.0 Å².